The average molecular weight is 272 g/mol. The largest absolute Gasteiger partial charge is 0.486 e. The van der Waals surface area contributed by atoms with Crippen molar-refractivity contribution in [1.82, 2.24) is 5.32 Å². The monoisotopic (exact) mass is 272 g/mol. The molecule has 2 rings (SSSR count). The van der Waals surface area contributed by atoms with Crippen LogP contribution in [0, 0.1) is 6.92 Å². The molecule has 100 valence electrons. The summed E-state index contributed by atoms with van der Waals surface area (Å²) >= 11 is 0. The fraction of sp³-hybridized carbons (Fsp3) is 0.294. The van der Waals surface area contributed by atoms with Crippen LogP contribution in [0.1, 0.15) is 46.9 Å². The summed E-state index contributed by atoms with van der Waals surface area (Å²) in [5.41, 5.74) is -1.40. The molecule has 2 aromatic rings. The van der Waals surface area contributed by atoms with E-state index in [9.17, 15) is 0 Å². The third-order valence-electron chi connectivity index (χ3n) is 1.90. The summed E-state index contributed by atoms with van der Waals surface area (Å²) in [6, 6.07) is -8.55. The summed E-state index contributed by atoms with van der Waals surface area (Å²) < 4.78 is 141. The van der Waals surface area contributed by atoms with Crippen LogP contribution in [0.25, 0.3) is 0 Å². The van der Waals surface area contributed by atoms with E-state index >= 15 is 0 Å². The topological polar surface area (TPSA) is 21.3 Å². The second kappa shape index (κ2) is 6.95. The highest BCUT2D eigenvalue weighted by Gasteiger charge is 2.12. The Balaban J connectivity index is 3.05. The molecule has 1 N–H and O–H groups in total. The summed E-state index contributed by atoms with van der Waals surface area (Å²) in [5.74, 6) is -1.08. The number of hydrogen-bond donors (Lipinski definition) is 1. The summed E-state index contributed by atoms with van der Waals surface area (Å²) in [6.07, 6.45) is -7.65. The first-order valence-corrected chi connectivity index (χ1v) is 5.16. The lowest BCUT2D eigenvalue weighted by atomic mass is 10.1. The molecule has 1 atom stereocenters. The van der Waals surface area contributed by atoms with Crippen LogP contribution in [-0.2, 0) is 0 Å². The van der Waals surface area contributed by atoms with Gasteiger partial charge in [0.15, 0.2) is 0 Å². The van der Waals surface area contributed by atoms with Gasteiger partial charge in [0.2, 0.25) is 0 Å². The second-order valence-corrected chi connectivity index (χ2v) is 3.26. The Kier molecular flexibility index (Phi) is 1.33. The molecule has 0 aliphatic rings. The molecule has 2 heteroatoms. The zero-order chi connectivity index (χ0) is 28.3. The van der Waals surface area contributed by atoms with Crippen molar-refractivity contribution in [2.24, 2.45) is 0 Å². The summed E-state index contributed by atoms with van der Waals surface area (Å²) in [5, 5.41) is 1.37. The Bertz CT molecular complexity index is 1150. The van der Waals surface area contributed by atoms with E-state index in [1.165, 1.54) is 12.2 Å². The summed E-state index contributed by atoms with van der Waals surface area (Å²) in [6.45, 7) is -5.77. The highest BCUT2D eigenvalue weighted by atomic mass is 16.5. The zero-order valence-electron chi connectivity index (χ0n) is 26.9. The maximum absolute atomic E-state index is 8.88. The molecular weight excluding hydrogens is 234 g/mol. The Labute approximate surface area is 139 Å². The number of rotatable bonds is 6. The molecule has 0 saturated heterocycles. The van der Waals surface area contributed by atoms with E-state index in [1.54, 1.807) is 0 Å². The van der Waals surface area contributed by atoms with Crippen LogP contribution in [0.4, 0.5) is 0 Å². The SMILES string of the molecule is [2H]c1c([2H])c([2H])c(C([2H])(Oc2c([2H])c([2H])c(C)c([2H])c2[2H])C([2H])([2H])C([2H])([2H])NC([2H])([2H])[2H])c([2H])c1[2H]. The first-order valence-electron chi connectivity index (χ1n) is 13.7. The molecular formula is C17H21NO. The fourth-order valence-corrected chi connectivity index (χ4v) is 1.11. The maximum atomic E-state index is 8.88. The third-order valence-corrected chi connectivity index (χ3v) is 1.90. The molecule has 0 aromatic heterocycles. The molecule has 2 aromatic carbocycles. The predicted octanol–water partition coefficient (Wildman–Crippen LogP) is 3.72. The minimum absolute atomic E-state index is 0.141. The van der Waals surface area contributed by atoms with Gasteiger partial charge in [-0.1, -0.05) is 47.9 Å². The van der Waals surface area contributed by atoms with E-state index in [1.807, 2.05) is 0 Å². The van der Waals surface area contributed by atoms with Crippen molar-refractivity contribution >= 4 is 0 Å². The van der Waals surface area contributed by atoms with Crippen molar-refractivity contribution in [3.05, 3.63) is 65.5 Å². The molecule has 0 radical (unpaired) electrons. The molecule has 2 nitrogen and oxygen atoms in total. The quantitative estimate of drug-likeness (QED) is 0.865. The molecule has 0 amide bonds. The lowest BCUT2D eigenvalue weighted by Crippen LogP contribution is -2.16. The second-order valence-electron chi connectivity index (χ2n) is 3.26. The molecule has 19 heavy (non-hydrogen) atoms. The first-order chi connectivity index (χ1) is 16.0. The lowest BCUT2D eigenvalue weighted by Gasteiger charge is -2.19. The van der Waals surface area contributed by atoms with Crippen molar-refractivity contribution in [3.8, 4) is 5.75 Å². The van der Waals surface area contributed by atoms with Crippen LogP contribution in [0.3, 0.4) is 0 Å². The first kappa shape index (κ1) is 3.64. The summed E-state index contributed by atoms with van der Waals surface area (Å²) in [4.78, 5) is 0. The van der Waals surface area contributed by atoms with Gasteiger partial charge in [-0.2, -0.15) is 0 Å². The van der Waals surface area contributed by atoms with Gasteiger partial charge in [-0.05, 0) is 38.0 Å². The smallest absolute Gasteiger partial charge is 0.125 e. The molecule has 0 bridgehead atoms. The Morgan fingerprint density at radius 1 is 1.26 bits per heavy atom. The van der Waals surface area contributed by atoms with Gasteiger partial charge in [0.1, 0.15) is 11.8 Å². The number of benzene rings is 2. The molecule has 0 aliphatic heterocycles. The maximum Gasteiger partial charge on any atom is 0.125 e. The van der Waals surface area contributed by atoms with Crippen LogP contribution in [0.5, 0.6) is 5.75 Å². The van der Waals surface area contributed by atoms with Gasteiger partial charge in [0.25, 0.3) is 0 Å². The lowest BCUT2D eigenvalue weighted by molar-refractivity contribution is 0.195. The van der Waals surface area contributed by atoms with Crippen molar-refractivity contribution in [3.63, 3.8) is 0 Å². The standard InChI is InChI=1S/C17H21NO/c1-14-8-10-16(11-9-14)19-17(12-13-18-2)15-6-4-3-5-7-15/h3-11,17-18H,12-13H2,1-2H3/i2D3,3D,4D,5D,6D,7D,8D,9D,10D,11D,12D2,13D2,17D. The van der Waals surface area contributed by atoms with E-state index < -0.39 is 91.6 Å². The van der Waals surface area contributed by atoms with Gasteiger partial charge in [0.05, 0.1) is 13.7 Å². The van der Waals surface area contributed by atoms with Crippen LogP contribution in [0.2, 0.25) is 0 Å². The Morgan fingerprint density at radius 2 is 2.00 bits per heavy atom. The number of ether oxygens (including phenoxy) is 1. The van der Waals surface area contributed by atoms with E-state index in [0.717, 1.165) is 0 Å². The zero-order valence-corrected chi connectivity index (χ0v) is 9.91. The highest BCUT2D eigenvalue weighted by molar-refractivity contribution is 5.28. The molecule has 0 fully saturated rings. The van der Waals surface area contributed by atoms with Gasteiger partial charge in [0, 0.05) is 16.0 Å². The third kappa shape index (κ3) is 4.11. The van der Waals surface area contributed by atoms with Gasteiger partial charge >= 0.3 is 0 Å². The highest BCUT2D eigenvalue weighted by Crippen LogP contribution is 2.24. The summed E-state index contributed by atoms with van der Waals surface area (Å²) in [7, 11) is 0. The van der Waals surface area contributed by atoms with Crippen LogP contribution in [-0.4, -0.2) is 13.5 Å². The van der Waals surface area contributed by atoms with E-state index in [4.69, 9.17) is 28.0 Å². The average Bonchev–Trinajstić information content (AvgIpc) is 2.74. The van der Waals surface area contributed by atoms with Crippen molar-refractivity contribution in [1.29, 1.82) is 0 Å². The number of nitrogens with one attached hydrogen (secondary N) is 1. The van der Waals surface area contributed by atoms with Crippen LogP contribution in [0.15, 0.2) is 54.4 Å². The fourth-order valence-electron chi connectivity index (χ4n) is 1.11. The Morgan fingerprint density at radius 3 is 2.68 bits per heavy atom. The minimum Gasteiger partial charge on any atom is -0.486 e. The molecule has 1 unspecified atom stereocenters. The van der Waals surface area contributed by atoms with Crippen molar-refractivity contribution < 1.29 is 28.0 Å². The van der Waals surface area contributed by atoms with Gasteiger partial charge in [-0.3, -0.25) is 0 Å². The molecule has 0 saturated carbocycles. The van der Waals surface area contributed by atoms with Gasteiger partial charge in [-0.15, -0.1) is 0 Å². The predicted molar refractivity (Wildman–Crippen MR) is 79.5 cm³/mol. The van der Waals surface area contributed by atoms with Crippen molar-refractivity contribution in [2.45, 2.75) is 19.4 Å². The van der Waals surface area contributed by atoms with Crippen LogP contribution >= 0.6 is 0 Å². The molecule has 0 aliphatic carbocycles. The number of hydrogen-bond acceptors (Lipinski definition) is 2. The molecule has 0 spiro atoms. The minimum atomic E-state index is -3.91. The normalized spacial score (nSPS) is 28.8. The van der Waals surface area contributed by atoms with Gasteiger partial charge in [-0.25, -0.2) is 0 Å². The molecule has 0 heterocycles. The van der Waals surface area contributed by atoms with Crippen molar-refractivity contribution in [2.75, 3.05) is 13.5 Å². The van der Waals surface area contributed by atoms with E-state index in [-0.39, 0.29) is 5.56 Å². The van der Waals surface area contributed by atoms with Crippen LogP contribution < -0.4 is 10.1 Å². The van der Waals surface area contributed by atoms with E-state index in [2.05, 4.69) is 0 Å². The van der Waals surface area contributed by atoms with E-state index in [0.29, 0.717) is 0 Å². The Hall–Kier alpha value is -1.80. The van der Waals surface area contributed by atoms with Gasteiger partial charge < -0.3 is 10.1 Å².